The largest absolute Gasteiger partial charge is 0.497 e. The zero-order valence-electron chi connectivity index (χ0n) is 12.9. The SMILES string of the molecule is COc1ccc(Oc2ccc(CCNC(=O)CC#N)cc2)cc1. The van der Waals surface area contributed by atoms with Crippen molar-refractivity contribution in [3.63, 3.8) is 0 Å². The van der Waals surface area contributed by atoms with Gasteiger partial charge in [0.05, 0.1) is 13.2 Å². The van der Waals surface area contributed by atoms with Gasteiger partial charge in [-0.05, 0) is 48.4 Å². The maximum atomic E-state index is 11.2. The van der Waals surface area contributed by atoms with Gasteiger partial charge in [0.2, 0.25) is 5.91 Å². The molecule has 0 radical (unpaired) electrons. The number of benzene rings is 2. The molecule has 0 bridgehead atoms. The molecular weight excluding hydrogens is 292 g/mol. The number of methoxy groups -OCH3 is 1. The van der Waals surface area contributed by atoms with E-state index in [1.54, 1.807) is 7.11 Å². The molecule has 0 unspecified atom stereocenters. The maximum Gasteiger partial charge on any atom is 0.234 e. The van der Waals surface area contributed by atoms with Gasteiger partial charge in [0.15, 0.2) is 0 Å². The molecule has 0 atom stereocenters. The van der Waals surface area contributed by atoms with Crippen LogP contribution in [0.15, 0.2) is 48.5 Å². The number of nitriles is 1. The zero-order valence-corrected chi connectivity index (χ0v) is 12.9. The summed E-state index contributed by atoms with van der Waals surface area (Å²) < 4.78 is 10.8. The van der Waals surface area contributed by atoms with Crippen molar-refractivity contribution in [1.82, 2.24) is 5.32 Å². The van der Waals surface area contributed by atoms with Crippen molar-refractivity contribution in [3.05, 3.63) is 54.1 Å². The van der Waals surface area contributed by atoms with Gasteiger partial charge in [-0.25, -0.2) is 0 Å². The number of carbonyl (C=O) groups excluding carboxylic acids is 1. The fraction of sp³-hybridized carbons (Fsp3) is 0.222. The lowest BCUT2D eigenvalue weighted by Crippen LogP contribution is -2.24. The molecule has 2 aromatic rings. The lowest BCUT2D eigenvalue weighted by atomic mass is 10.1. The zero-order chi connectivity index (χ0) is 16.5. The van der Waals surface area contributed by atoms with Crippen molar-refractivity contribution in [2.75, 3.05) is 13.7 Å². The average Bonchev–Trinajstić information content (AvgIpc) is 2.57. The van der Waals surface area contributed by atoms with Crippen LogP contribution >= 0.6 is 0 Å². The summed E-state index contributed by atoms with van der Waals surface area (Å²) in [6.45, 7) is 0.513. The molecule has 23 heavy (non-hydrogen) atoms. The molecule has 0 aliphatic carbocycles. The molecule has 5 nitrogen and oxygen atoms in total. The molecule has 0 aliphatic heterocycles. The Morgan fingerprint density at radius 1 is 1.04 bits per heavy atom. The number of carbonyl (C=O) groups is 1. The third-order valence-corrected chi connectivity index (χ3v) is 3.19. The average molecular weight is 310 g/mol. The van der Waals surface area contributed by atoms with E-state index in [0.29, 0.717) is 13.0 Å². The van der Waals surface area contributed by atoms with Crippen molar-refractivity contribution in [2.24, 2.45) is 0 Å². The highest BCUT2D eigenvalue weighted by Crippen LogP contribution is 2.24. The van der Waals surface area contributed by atoms with E-state index >= 15 is 0 Å². The summed E-state index contributed by atoms with van der Waals surface area (Å²) in [4.78, 5) is 11.2. The van der Waals surface area contributed by atoms with Gasteiger partial charge in [0.1, 0.15) is 23.7 Å². The van der Waals surface area contributed by atoms with Crippen molar-refractivity contribution in [1.29, 1.82) is 5.26 Å². The summed E-state index contributed by atoms with van der Waals surface area (Å²) >= 11 is 0. The van der Waals surface area contributed by atoms with Gasteiger partial charge in [0, 0.05) is 6.54 Å². The minimum Gasteiger partial charge on any atom is -0.497 e. The fourth-order valence-corrected chi connectivity index (χ4v) is 1.98. The minimum atomic E-state index is -0.244. The lowest BCUT2D eigenvalue weighted by molar-refractivity contribution is -0.120. The molecule has 0 spiro atoms. The smallest absolute Gasteiger partial charge is 0.234 e. The quantitative estimate of drug-likeness (QED) is 0.853. The van der Waals surface area contributed by atoms with Crippen LogP contribution in [0.4, 0.5) is 0 Å². The van der Waals surface area contributed by atoms with Gasteiger partial charge < -0.3 is 14.8 Å². The van der Waals surface area contributed by atoms with E-state index in [1.807, 2.05) is 54.6 Å². The summed E-state index contributed by atoms with van der Waals surface area (Å²) in [6, 6.07) is 16.9. The minimum absolute atomic E-state index is 0.103. The molecule has 0 saturated carbocycles. The van der Waals surface area contributed by atoms with Crippen LogP contribution in [-0.2, 0) is 11.2 Å². The van der Waals surface area contributed by atoms with Gasteiger partial charge in [-0.2, -0.15) is 5.26 Å². The van der Waals surface area contributed by atoms with Crippen LogP contribution in [0, 0.1) is 11.3 Å². The Balaban J connectivity index is 1.84. The van der Waals surface area contributed by atoms with Gasteiger partial charge in [-0.1, -0.05) is 12.1 Å². The maximum absolute atomic E-state index is 11.2. The van der Waals surface area contributed by atoms with Gasteiger partial charge in [-0.3, -0.25) is 4.79 Å². The molecule has 5 heteroatoms. The molecular formula is C18H18N2O3. The Morgan fingerprint density at radius 2 is 1.61 bits per heavy atom. The van der Waals surface area contributed by atoms with Gasteiger partial charge in [0.25, 0.3) is 0 Å². The third kappa shape index (κ3) is 5.36. The predicted octanol–water partition coefficient (Wildman–Crippen LogP) is 3.06. The van der Waals surface area contributed by atoms with E-state index in [2.05, 4.69) is 5.32 Å². The van der Waals surface area contributed by atoms with E-state index < -0.39 is 0 Å². The highest BCUT2D eigenvalue weighted by molar-refractivity contribution is 5.77. The fourth-order valence-electron chi connectivity index (χ4n) is 1.98. The topological polar surface area (TPSA) is 71.3 Å². The third-order valence-electron chi connectivity index (χ3n) is 3.19. The molecule has 2 aromatic carbocycles. The second kappa shape index (κ2) is 8.44. The van der Waals surface area contributed by atoms with Crippen LogP contribution in [0.1, 0.15) is 12.0 Å². The van der Waals surface area contributed by atoms with Crippen LogP contribution in [0.25, 0.3) is 0 Å². The molecule has 0 aromatic heterocycles. The number of hydrogen-bond donors (Lipinski definition) is 1. The summed E-state index contributed by atoms with van der Waals surface area (Å²) in [5.74, 6) is 2.02. The van der Waals surface area contributed by atoms with Crippen molar-refractivity contribution < 1.29 is 14.3 Å². The lowest BCUT2D eigenvalue weighted by Gasteiger charge is -2.08. The van der Waals surface area contributed by atoms with E-state index in [4.69, 9.17) is 14.7 Å². The number of nitrogens with zero attached hydrogens (tertiary/aromatic N) is 1. The summed E-state index contributed by atoms with van der Waals surface area (Å²) in [6.07, 6.45) is 0.606. The summed E-state index contributed by atoms with van der Waals surface area (Å²) in [5.41, 5.74) is 1.09. The molecule has 0 saturated heterocycles. The normalized spacial score (nSPS) is 9.74. The van der Waals surface area contributed by atoms with Crippen molar-refractivity contribution in [2.45, 2.75) is 12.8 Å². The first-order valence-electron chi connectivity index (χ1n) is 7.26. The first-order valence-corrected chi connectivity index (χ1v) is 7.26. The Bertz CT molecular complexity index is 673. The number of hydrogen-bond acceptors (Lipinski definition) is 4. The van der Waals surface area contributed by atoms with Crippen LogP contribution in [0.2, 0.25) is 0 Å². The van der Waals surface area contributed by atoms with E-state index in [9.17, 15) is 4.79 Å². The van der Waals surface area contributed by atoms with Crippen LogP contribution < -0.4 is 14.8 Å². The second-order valence-electron chi connectivity index (χ2n) is 4.86. The molecule has 0 aliphatic rings. The molecule has 118 valence electrons. The van der Waals surface area contributed by atoms with E-state index in [-0.39, 0.29) is 12.3 Å². The Morgan fingerprint density at radius 3 is 2.17 bits per heavy atom. The Labute approximate surface area is 135 Å². The van der Waals surface area contributed by atoms with Crippen molar-refractivity contribution >= 4 is 5.91 Å². The summed E-state index contributed by atoms with van der Waals surface area (Å²) in [5, 5.41) is 11.1. The number of rotatable bonds is 7. The van der Waals surface area contributed by atoms with Crippen LogP contribution in [0.5, 0.6) is 17.2 Å². The van der Waals surface area contributed by atoms with E-state index in [1.165, 1.54) is 0 Å². The first kappa shape index (κ1) is 16.4. The molecule has 2 rings (SSSR count). The summed E-state index contributed by atoms with van der Waals surface area (Å²) in [7, 11) is 1.62. The van der Waals surface area contributed by atoms with E-state index in [0.717, 1.165) is 22.8 Å². The van der Waals surface area contributed by atoms with Gasteiger partial charge >= 0.3 is 0 Å². The molecule has 0 fully saturated rings. The van der Waals surface area contributed by atoms with Crippen LogP contribution in [-0.4, -0.2) is 19.6 Å². The Kier molecular flexibility index (Phi) is 6.01. The van der Waals surface area contributed by atoms with Gasteiger partial charge in [-0.15, -0.1) is 0 Å². The monoisotopic (exact) mass is 310 g/mol. The second-order valence-corrected chi connectivity index (χ2v) is 4.86. The first-order chi connectivity index (χ1) is 11.2. The molecule has 0 heterocycles. The molecule has 1 N–H and O–H groups in total. The van der Waals surface area contributed by atoms with Crippen LogP contribution in [0.3, 0.4) is 0 Å². The number of ether oxygens (including phenoxy) is 2. The standard InChI is InChI=1S/C18H18N2O3/c1-22-15-6-8-17(9-7-15)23-16-4-2-14(3-5-16)11-13-20-18(21)10-12-19/h2-9H,10-11,13H2,1H3,(H,20,21). The predicted molar refractivity (Wildman–Crippen MR) is 86.5 cm³/mol. The number of nitrogens with one attached hydrogen (secondary N) is 1. The molecule has 1 amide bonds. The highest BCUT2D eigenvalue weighted by Gasteiger charge is 2.01. The number of amides is 1. The highest BCUT2D eigenvalue weighted by atomic mass is 16.5. The van der Waals surface area contributed by atoms with Crippen molar-refractivity contribution in [3.8, 4) is 23.3 Å². The Hall–Kier alpha value is -3.00.